The molecule has 0 aliphatic carbocycles. The van der Waals surface area contributed by atoms with Crippen molar-refractivity contribution in [3.05, 3.63) is 52.5 Å². The average Bonchev–Trinajstić information content (AvgIpc) is 2.81. The highest BCUT2D eigenvalue weighted by Crippen LogP contribution is 2.32. The van der Waals surface area contributed by atoms with Crippen molar-refractivity contribution in [2.24, 2.45) is 5.92 Å². The van der Waals surface area contributed by atoms with Gasteiger partial charge in [0.2, 0.25) is 15.9 Å². The molecule has 2 aliphatic heterocycles. The summed E-state index contributed by atoms with van der Waals surface area (Å²) in [7, 11) is -3.77. The van der Waals surface area contributed by atoms with E-state index in [9.17, 15) is 13.2 Å². The zero-order valence-corrected chi connectivity index (χ0v) is 20.1. The molecule has 2 aromatic carbocycles. The molecule has 6 nitrogen and oxygen atoms in total. The van der Waals surface area contributed by atoms with Crippen LogP contribution in [0.2, 0.25) is 10.0 Å². The molecule has 2 aromatic rings. The number of sulfonamides is 1. The van der Waals surface area contributed by atoms with Crippen molar-refractivity contribution in [3.63, 3.8) is 0 Å². The highest BCUT2D eigenvalue weighted by Gasteiger charge is 2.33. The molecule has 1 amide bonds. The Labute approximate surface area is 199 Å². The normalized spacial score (nSPS) is 18.5. The fourth-order valence-electron chi connectivity index (χ4n) is 4.40. The molecular formula is C23H27Cl2N3O3S. The molecule has 0 bridgehead atoms. The third-order valence-electron chi connectivity index (χ3n) is 6.19. The number of hydrogen-bond acceptors (Lipinski definition) is 4. The van der Waals surface area contributed by atoms with Crippen LogP contribution in [0, 0.1) is 5.92 Å². The molecule has 0 spiro atoms. The Morgan fingerprint density at radius 2 is 1.62 bits per heavy atom. The second-order valence-electron chi connectivity index (χ2n) is 8.31. The lowest BCUT2D eigenvalue weighted by Crippen LogP contribution is -2.41. The second-order valence-corrected chi connectivity index (χ2v) is 11.1. The third kappa shape index (κ3) is 5.06. The molecule has 32 heavy (non-hydrogen) atoms. The van der Waals surface area contributed by atoms with Gasteiger partial charge in [0.25, 0.3) is 0 Å². The standard InChI is InChI=1S/C23H27Cl2N3O3S/c24-18-8-9-19(25)22(16-18)32(30,31)28-14-10-17(11-15-28)23(29)26-20-6-2-3-7-21(20)27-12-4-1-5-13-27/h2-3,6-9,16-17H,1,4-5,10-15H2,(H,26,29). The van der Waals surface area contributed by atoms with Crippen LogP contribution in [-0.2, 0) is 14.8 Å². The van der Waals surface area contributed by atoms with Crippen molar-refractivity contribution < 1.29 is 13.2 Å². The highest BCUT2D eigenvalue weighted by atomic mass is 35.5. The number of amides is 1. The van der Waals surface area contributed by atoms with Gasteiger partial charge in [-0.05, 0) is 62.4 Å². The molecule has 2 fully saturated rings. The molecule has 0 atom stereocenters. The molecule has 0 aromatic heterocycles. The molecule has 172 valence electrons. The largest absolute Gasteiger partial charge is 0.370 e. The molecule has 1 N–H and O–H groups in total. The molecule has 0 unspecified atom stereocenters. The first-order valence-electron chi connectivity index (χ1n) is 11.0. The van der Waals surface area contributed by atoms with E-state index in [0.717, 1.165) is 37.3 Å². The van der Waals surface area contributed by atoms with Gasteiger partial charge in [-0.1, -0.05) is 35.3 Å². The van der Waals surface area contributed by atoms with Gasteiger partial charge >= 0.3 is 0 Å². The summed E-state index contributed by atoms with van der Waals surface area (Å²) in [6.07, 6.45) is 4.47. The molecule has 9 heteroatoms. The lowest BCUT2D eigenvalue weighted by Gasteiger charge is -2.32. The van der Waals surface area contributed by atoms with Crippen molar-refractivity contribution in [2.45, 2.75) is 37.0 Å². The van der Waals surface area contributed by atoms with Crippen molar-refractivity contribution in [1.82, 2.24) is 4.31 Å². The van der Waals surface area contributed by atoms with E-state index in [2.05, 4.69) is 10.2 Å². The van der Waals surface area contributed by atoms with Crippen LogP contribution in [0.3, 0.4) is 0 Å². The van der Waals surface area contributed by atoms with E-state index < -0.39 is 10.0 Å². The van der Waals surface area contributed by atoms with E-state index in [1.165, 1.54) is 22.9 Å². The van der Waals surface area contributed by atoms with Crippen molar-refractivity contribution in [3.8, 4) is 0 Å². The summed E-state index contributed by atoms with van der Waals surface area (Å²) in [4.78, 5) is 15.3. The minimum atomic E-state index is -3.77. The van der Waals surface area contributed by atoms with Crippen LogP contribution in [0.4, 0.5) is 11.4 Å². The number of carbonyl (C=O) groups excluding carboxylic acids is 1. The van der Waals surface area contributed by atoms with Crippen molar-refractivity contribution >= 4 is 50.5 Å². The SMILES string of the molecule is O=C(Nc1ccccc1N1CCCCC1)C1CCN(S(=O)(=O)c2cc(Cl)ccc2Cl)CC1. The Balaban J connectivity index is 1.41. The summed E-state index contributed by atoms with van der Waals surface area (Å²) < 4.78 is 27.4. The second kappa shape index (κ2) is 10.00. The number of nitrogens with one attached hydrogen (secondary N) is 1. The van der Waals surface area contributed by atoms with Gasteiger partial charge in [-0.2, -0.15) is 4.31 Å². The molecule has 0 radical (unpaired) electrons. The fraction of sp³-hybridized carbons (Fsp3) is 0.435. The number of anilines is 2. The van der Waals surface area contributed by atoms with E-state index in [0.29, 0.717) is 17.9 Å². The van der Waals surface area contributed by atoms with Gasteiger partial charge in [0, 0.05) is 37.1 Å². The van der Waals surface area contributed by atoms with E-state index in [-0.39, 0.29) is 34.8 Å². The fourth-order valence-corrected chi connectivity index (χ4v) is 6.60. The third-order valence-corrected chi connectivity index (χ3v) is 8.81. The van der Waals surface area contributed by atoms with Gasteiger partial charge in [-0.15, -0.1) is 0 Å². The van der Waals surface area contributed by atoms with Crippen LogP contribution in [0.15, 0.2) is 47.4 Å². The molecule has 2 aliphatic rings. The van der Waals surface area contributed by atoms with Crippen LogP contribution < -0.4 is 10.2 Å². The van der Waals surface area contributed by atoms with Crippen LogP contribution in [0.1, 0.15) is 32.1 Å². The smallest absolute Gasteiger partial charge is 0.244 e. The first-order chi connectivity index (χ1) is 15.4. The number of piperidine rings is 2. The number of rotatable bonds is 5. The Bertz CT molecular complexity index is 1080. The lowest BCUT2D eigenvalue weighted by molar-refractivity contribution is -0.120. The summed E-state index contributed by atoms with van der Waals surface area (Å²) in [5, 5.41) is 3.55. The quantitative estimate of drug-likeness (QED) is 0.631. The highest BCUT2D eigenvalue weighted by molar-refractivity contribution is 7.89. The maximum atomic E-state index is 13.0. The Kier molecular flexibility index (Phi) is 7.30. The lowest BCUT2D eigenvalue weighted by atomic mass is 9.97. The van der Waals surface area contributed by atoms with Crippen LogP contribution >= 0.6 is 23.2 Å². The maximum Gasteiger partial charge on any atom is 0.244 e. The monoisotopic (exact) mass is 495 g/mol. The van der Waals surface area contributed by atoms with Gasteiger partial charge < -0.3 is 10.2 Å². The van der Waals surface area contributed by atoms with Crippen LogP contribution in [0.5, 0.6) is 0 Å². The minimum Gasteiger partial charge on any atom is -0.370 e. The van der Waals surface area contributed by atoms with E-state index >= 15 is 0 Å². The number of halogens is 2. The van der Waals surface area contributed by atoms with Crippen LogP contribution in [0.25, 0.3) is 0 Å². The van der Waals surface area contributed by atoms with Crippen molar-refractivity contribution in [1.29, 1.82) is 0 Å². The maximum absolute atomic E-state index is 13.0. The molecular weight excluding hydrogens is 469 g/mol. The predicted molar refractivity (Wildman–Crippen MR) is 129 cm³/mol. The molecule has 4 rings (SSSR count). The summed E-state index contributed by atoms with van der Waals surface area (Å²) in [6.45, 7) is 2.51. The molecule has 2 saturated heterocycles. The summed E-state index contributed by atoms with van der Waals surface area (Å²) in [6, 6.07) is 12.3. The predicted octanol–water partition coefficient (Wildman–Crippen LogP) is 5.02. The zero-order valence-electron chi connectivity index (χ0n) is 17.8. The van der Waals surface area contributed by atoms with Gasteiger partial charge in [-0.25, -0.2) is 8.42 Å². The number of hydrogen-bond donors (Lipinski definition) is 1. The molecule has 0 saturated carbocycles. The number of nitrogens with zero attached hydrogens (tertiary/aromatic N) is 2. The zero-order chi connectivity index (χ0) is 22.7. The summed E-state index contributed by atoms with van der Waals surface area (Å²) in [5.74, 6) is -0.307. The minimum absolute atomic E-state index is 0.00465. The first kappa shape index (κ1) is 23.4. The Hall–Kier alpha value is -1.80. The van der Waals surface area contributed by atoms with Gasteiger partial charge in [0.1, 0.15) is 4.90 Å². The van der Waals surface area contributed by atoms with Gasteiger partial charge in [0.05, 0.1) is 16.4 Å². The van der Waals surface area contributed by atoms with Gasteiger partial charge in [0.15, 0.2) is 0 Å². The van der Waals surface area contributed by atoms with E-state index in [1.54, 1.807) is 6.07 Å². The number of carbonyl (C=O) groups is 1. The van der Waals surface area contributed by atoms with Gasteiger partial charge in [-0.3, -0.25) is 4.79 Å². The first-order valence-corrected chi connectivity index (χ1v) is 13.2. The van der Waals surface area contributed by atoms with E-state index in [1.807, 2.05) is 24.3 Å². The van der Waals surface area contributed by atoms with E-state index in [4.69, 9.17) is 23.2 Å². The Morgan fingerprint density at radius 1 is 0.938 bits per heavy atom. The topological polar surface area (TPSA) is 69.7 Å². The number of benzene rings is 2. The summed E-state index contributed by atoms with van der Waals surface area (Å²) in [5.41, 5.74) is 1.87. The molecule has 2 heterocycles. The average molecular weight is 496 g/mol. The van der Waals surface area contributed by atoms with Crippen molar-refractivity contribution in [2.75, 3.05) is 36.4 Å². The number of para-hydroxylation sites is 2. The van der Waals surface area contributed by atoms with Crippen LogP contribution in [-0.4, -0.2) is 44.8 Å². The summed E-state index contributed by atoms with van der Waals surface area (Å²) >= 11 is 12.1. The Morgan fingerprint density at radius 3 is 2.34 bits per heavy atom.